The molecule has 0 aliphatic carbocycles. The van der Waals surface area contributed by atoms with Gasteiger partial charge in [-0.25, -0.2) is 5.43 Å². The Morgan fingerprint density at radius 3 is 2.96 bits per heavy atom. The number of hydrazine groups is 1. The van der Waals surface area contributed by atoms with Crippen molar-refractivity contribution in [2.24, 2.45) is 5.92 Å². The molecule has 3 N–H and O–H groups in total. The van der Waals surface area contributed by atoms with E-state index in [1.807, 2.05) is 11.0 Å². The van der Waals surface area contributed by atoms with E-state index >= 15 is 0 Å². The molecule has 3 heterocycles. The maximum Gasteiger partial charge on any atom is 0.245 e. The fourth-order valence-corrected chi connectivity index (χ4v) is 4.05. The number of para-hydroxylation sites is 1. The zero-order valence-corrected chi connectivity index (χ0v) is 14.1. The van der Waals surface area contributed by atoms with Gasteiger partial charge in [0.1, 0.15) is 6.04 Å². The lowest BCUT2D eigenvalue weighted by Gasteiger charge is -2.31. The van der Waals surface area contributed by atoms with Crippen molar-refractivity contribution in [3.05, 3.63) is 29.8 Å². The van der Waals surface area contributed by atoms with E-state index in [4.69, 9.17) is 0 Å². The molecule has 0 saturated carbocycles. The third-order valence-corrected chi connectivity index (χ3v) is 5.27. The van der Waals surface area contributed by atoms with Crippen LogP contribution in [0.15, 0.2) is 24.3 Å². The number of fused-ring (bicyclic) bond motifs is 2. The molecule has 2 saturated heterocycles. The van der Waals surface area contributed by atoms with E-state index in [0.29, 0.717) is 12.0 Å². The van der Waals surface area contributed by atoms with Crippen LogP contribution in [0, 0.1) is 5.92 Å². The zero-order chi connectivity index (χ0) is 14.9. The van der Waals surface area contributed by atoms with Crippen molar-refractivity contribution in [1.82, 2.24) is 16.2 Å². The summed E-state index contributed by atoms with van der Waals surface area (Å²) in [5.41, 5.74) is 9.01. The Hall–Kier alpha value is -1.14. The molecule has 0 spiro atoms. The van der Waals surface area contributed by atoms with Gasteiger partial charge in [-0.2, -0.15) is 0 Å². The molecule has 3 aliphatic heterocycles. The number of benzene rings is 1. The summed E-state index contributed by atoms with van der Waals surface area (Å²) in [6, 6.07) is 8.66. The molecule has 1 amide bonds. The van der Waals surface area contributed by atoms with Gasteiger partial charge >= 0.3 is 0 Å². The monoisotopic (exact) mass is 336 g/mol. The minimum absolute atomic E-state index is 0. The number of aryl methyl sites for hydroxylation is 1. The van der Waals surface area contributed by atoms with Gasteiger partial charge in [0.05, 0.1) is 0 Å². The fraction of sp³-hybridized carbons (Fsp3) is 0.588. The van der Waals surface area contributed by atoms with E-state index in [-0.39, 0.29) is 24.4 Å². The Morgan fingerprint density at radius 2 is 2.04 bits per heavy atom. The molecule has 126 valence electrons. The highest BCUT2D eigenvalue weighted by atomic mass is 35.5. The first-order valence-electron chi connectivity index (χ1n) is 8.45. The topological polar surface area (TPSA) is 56.4 Å². The predicted molar refractivity (Wildman–Crippen MR) is 93.8 cm³/mol. The Balaban J connectivity index is 0.00000156. The van der Waals surface area contributed by atoms with Crippen molar-refractivity contribution in [3.8, 4) is 0 Å². The van der Waals surface area contributed by atoms with Crippen molar-refractivity contribution in [3.63, 3.8) is 0 Å². The van der Waals surface area contributed by atoms with E-state index < -0.39 is 0 Å². The second-order valence-electron chi connectivity index (χ2n) is 6.61. The van der Waals surface area contributed by atoms with Gasteiger partial charge in [-0.05, 0) is 43.9 Å². The summed E-state index contributed by atoms with van der Waals surface area (Å²) in [6.07, 6.45) is 4.39. The molecule has 5 nitrogen and oxygen atoms in total. The summed E-state index contributed by atoms with van der Waals surface area (Å²) in [4.78, 5) is 15.2. The Bertz CT molecular complexity index is 567. The van der Waals surface area contributed by atoms with Crippen LogP contribution in [0.5, 0.6) is 0 Å². The lowest BCUT2D eigenvalue weighted by atomic mass is 9.88. The van der Waals surface area contributed by atoms with E-state index in [2.05, 4.69) is 34.4 Å². The molecule has 3 atom stereocenters. The van der Waals surface area contributed by atoms with Crippen LogP contribution in [0.1, 0.15) is 24.8 Å². The molecule has 3 unspecified atom stereocenters. The predicted octanol–water partition coefficient (Wildman–Crippen LogP) is 1.23. The number of nitrogens with zero attached hydrogens (tertiary/aromatic N) is 1. The standard InChI is InChI=1S/C17H24N4O.ClH/c22-17(16-13-11-18-9-8-14(13)19-20-16)21-10-4-3-6-12-5-1-2-7-15(12)21;/h1-2,5,7,13-14,16,18-20H,3-4,6,8-11H2;1H. The second kappa shape index (κ2) is 7.18. The molecule has 4 rings (SSSR count). The highest BCUT2D eigenvalue weighted by molar-refractivity contribution is 5.98. The number of carbonyl (C=O) groups is 1. The van der Waals surface area contributed by atoms with Crippen LogP contribution in [0.25, 0.3) is 0 Å². The van der Waals surface area contributed by atoms with Gasteiger partial charge < -0.3 is 10.2 Å². The van der Waals surface area contributed by atoms with E-state index in [1.54, 1.807) is 0 Å². The SMILES string of the molecule is Cl.O=C(C1NNC2CCNCC21)N1CCCCc2ccccc21. The molecule has 23 heavy (non-hydrogen) atoms. The minimum atomic E-state index is -0.121. The number of nitrogens with one attached hydrogen (secondary N) is 3. The zero-order valence-electron chi connectivity index (χ0n) is 13.3. The summed E-state index contributed by atoms with van der Waals surface area (Å²) < 4.78 is 0. The third kappa shape index (κ3) is 3.11. The summed E-state index contributed by atoms with van der Waals surface area (Å²) in [6.45, 7) is 2.78. The third-order valence-electron chi connectivity index (χ3n) is 5.27. The van der Waals surface area contributed by atoms with Gasteiger partial charge in [-0.15, -0.1) is 12.4 Å². The molecule has 3 aliphatic rings. The summed E-state index contributed by atoms with van der Waals surface area (Å²) in [5, 5.41) is 3.42. The number of carbonyl (C=O) groups excluding carboxylic acids is 1. The van der Waals surface area contributed by atoms with Crippen molar-refractivity contribution in [2.45, 2.75) is 37.8 Å². The first-order valence-corrected chi connectivity index (χ1v) is 8.45. The number of halogens is 1. The maximum atomic E-state index is 13.2. The number of hydrogen-bond donors (Lipinski definition) is 3. The molecule has 2 fully saturated rings. The second-order valence-corrected chi connectivity index (χ2v) is 6.61. The highest BCUT2D eigenvalue weighted by Gasteiger charge is 2.43. The number of rotatable bonds is 1. The van der Waals surface area contributed by atoms with Gasteiger partial charge in [0.2, 0.25) is 5.91 Å². The molecule has 0 radical (unpaired) electrons. The van der Waals surface area contributed by atoms with E-state index in [9.17, 15) is 4.79 Å². The average Bonchev–Trinajstić information content (AvgIpc) is 2.87. The number of amides is 1. The molecule has 6 heteroatoms. The van der Waals surface area contributed by atoms with E-state index in [1.165, 1.54) is 5.56 Å². The van der Waals surface area contributed by atoms with E-state index in [0.717, 1.165) is 51.0 Å². The van der Waals surface area contributed by atoms with Crippen LogP contribution in [0.3, 0.4) is 0 Å². The normalized spacial score (nSPS) is 29.9. The number of hydrogen-bond acceptors (Lipinski definition) is 4. The first-order chi connectivity index (χ1) is 10.8. The molecular weight excluding hydrogens is 312 g/mol. The van der Waals surface area contributed by atoms with Crippen LogP contribution in [0.2, 0.25) is 0 Å². The van der Waals surface area contributed by atoms with Crippen molar-refractivity contribution in [2.75, 3.05) is 24.5 Å². The van der Waals surface area contributed by atoms with Crippen molar-refractivity contribution in [1.29, 1.82) is 0 Å². The molecular formula is C17H25ClN4O. The van der Waals surface area contributed by atoms with Crippen LogP contribution >= 0.6 is 12.4 Å². The molecule has 0 aromatic heterocycles. The van der Waals surface area contributed by atoms with Crippen molar-refractivity contribution >= 4 is 24.0 Å². The van der Waals surface area contributed by atoms with Gasteiger partial charge in [-0.1, -0.05) is 18.2 Å². The van der Waals surface area contributed by atoms with Gasteiger partial charge in [0.25, 0.3) is 0 Å². The Morgan fingerprint density at radius 1 is 1.17 bits per heavy atom. The number of anilines is 1. The lowest BCUT2D eigenvalue weighted by molar-refractivity contribution is -0.121. The lowest BCUT2D eigenvalue weighted by Crippen LogP contribution is -2.51. The van der Waals surface area contributed by atoms with Gasteiger partial charge in [0.15, 0.2) is 0 Å². The average molecular weight is 337 g/mol. The Kier molecular flexibility index (Phi) is 5.21. The number of piperidine rings is 1. The van der Waals surface area contributed by atoms with Crippen molar-refractivity contribution < 1.29 is 4.79 Å². The highest BCUT2D eigenvalue weighted by Crippen LogP contribution is 2.29. The Labute approximate surface area is 143 Å². The molecule has 1 aromatic rings. The quantitative estimate of drug-likeness (QED) is 0.722. The summed E-state index contributed by atoms with van der Waals surface area (Å²) in [5.74, 6) is 0.565. The van der Waals surface area contributed by atoms with Gasteiger partial charge in [0, 0.05) is 30.7 Å². The van der Waals surface area contributed by atoms with Crippen LogP contribution in [-0.2, 0) is 11.2 Å². The first kappa shape index (κ1) is 16.7. The van der Waals surface area contributed by atoms with Crippen LogP contribution in [-0.4, -0.2) is 37.6 Å². The fourth-order valence-electron chi connectivity index (χ4n) is 4.05. The summed E-state index contributed by atoms with van der Waals surface area (Å²) in [7, 11) is 0. The van der Waals surface area contributed by atoms with Crippen LogP contribution < -0.4 is 21.1 Å². The molecule has 0 bridgehead atoms. The minimum Gasteiger partial charge on any atom is -0.316 e. The molecule has 1 aromatic carbocycles. The summed E-state index contributed by atoms with van der Waals surface area (Å²) >= 11 is 0. The largest absolute Gasteiger partial charge is 0.316 e. The maximum absolute atomic E-state index is 13.2. The smallest absolute Gasteiger partial charge is 0.245 e. The van der Waals surface area contributed by atoms with Gasteiger partial charge in [-0.3, -0.25) is 10.2 Å². The van der Waals surface area contributed by atoms with Crippen LogP contribution in [0.4, 0.5) is 5.69 Å².